The predicted octanol–water partition coefficient (Wildman–Crippen LogP) is 2.88. The van der Waals surface area contributed by atoms with Crippen molar-refractivity contribution in [2.24, 2.45) is 0 Å². The number of hydrogen-bond acceptors (Lipinski definition) is 5. The summed E-state index contributed by atoms with van der Waals surface area (Å²) in [6.45, 7) is 4.34. The zero-order valence-corrected chi connectivity index (χ0v) is 11.2. The Bertz CT molecular complexity index is 324. The maximum atomic E-state index is 5.73. The third-order valence-electron chi connectivity index (χ3n) is 2.50. The topological polar surface area (TPSA) is 76.7 Å². The summed E-state index contributed by atoms with van der Waals surface area (Å²) in [5.41, 5.74) is 5.52. The van der Waals surface area contributed by atoms with E-state index in [0.29, 0.717) is 12.0 Å². The van der Waals surface area contributed by atoms with Crippen LogP contribution in [0.15, 0.2) is 0 Å². The summed E-state index contributed by atoms with van der Waals surface area (Å²) >= 11 is 5.73. The van der Waals surface area contributed by atoms with Gasteiger partial charge < -0.3 is 11.1 Å². The van der Waals surface area contributed by atoms with Crippen LogP contribution in [0.1, 0.15) is 46.0 Å². The van der Waals surface area contributed by atoms with Gasteiger partial charge in [0.05, 0.1) is 0 Å². The maximum absolute atomic E-state index is 5.73. The van der Waals surface area contributed by atoms with Crippen LogP contribution in [0, 0.1) is 0 Å². The first-order chi connectivity index (χ1) is 8.15. The molecule has 0 fully saturated rings. The molecule has 96 valence electrons. The number of anilines is 2. The van der Waals surface area contributed by atoms with Gasteiger partial charge in [0.25, 0.3) is 0 Å². The number of hydrogen-bond donors (Lipinski definition) is 2. The highest BCUT2D eigenvalue weighted by molar-refractivity contribution is 6.28. The van der Waals surface area contributed by atoms with Gasteiger partial charge in [-0.15, -0.1) is 0 Å². The van der Waals surface area contributed by atoms with E-state index in [-0.39, 0.29) is 11.2 Å². The molecule has 0 aliphatic rings. The standard InChI is InChI=1S/C11H20ClN5/c1-3-5-7-8(6-4-2)14-11-16-9(12)15-10(13)17-11/h8H,3-7H2,1-2H3,(H3,13,14,15,16,17). The van der Waals surface area contributed by atoms with Crippen molar-refractivity contribution in [1.82, 2.24) is 15.0 Å². The van der Waals surface area contributed by atoms with Crippen LogP contribution in [0.25, 0.3) is 0 Å². The van der Waals surface area contributed by atoms with Gasteiger partial charge in [0.1, 0.15) is 0 Å². The minimum atomic E-state index is 0.130. The second kappa shape index (κ2) is 7.27. The number of halogens is 1. The number of nitrogens with two attached hydrogens (primary N) is 1. The lowest BCUT2D eigenvalue weighted by molar-refractivity contribution is 0.561. The summed E-state index contributed by atoms with van der Waals surface area (Å²) in [5, 5.41) is 3.40. The molecule has 0 aliphatic carbocycles. The van der Waals surface area contributed by atoms with Crippen molar-refractivity contribution in [2.45, 2.75) is 52.0 Å². The van der Waals surface area contributed by atoms with Gasteiger partial charge in [-0.2, -0.15) is 15.0 Å². The third kappa shape index (κ3) is 5.17. The second-order valence-corrected chi connectivity index (χ2v) is 4.40. The minimum Gasteiger partial charge on any atom is -0.368 e. The fourth-order valence-corrected chi connectivity index (χ4v) is 1.87. The highest BCUT2D eigenvalue weighted by Gasteiger charge is 2.10. The molecule has 3 N–H and O–H groups in total. The molecule has 0 aromatic carbocycles. The molecule has 0 saturated heterocycles. The van der Waals surface area contributed by atoms with Crippen molar-refractivity contribution in [3.8, 4) is 0 Å². The highest BCUT2D eigenvalue weighted by Crippen LogP contribution is 2.14. The third-order valence-corrected chi connectivity index (χ3v) is 2.67. The Labute approximate surface area is 107 Å². The summed E-state index contributed by atoms with van der Waals surface area (Å²) in [6.07, 6.45) is 5.68. The Kier molecular flexibility index (Phi) is 5.97. The highest BCUT2D eigenvalue weighted by atomic mass is 35.5. The van der Waals surface area contributed by atoms with E-state index in [4.69, 9.17) is 17.3 Å². The summed E-state index contributed by atoms with van der Waals surface area (Å²) in [4.78, 5) is 11.8. The van der Waals surface area contributed by atoms with E-state index in [1.165, 1.54) is 12.8 Å². The quantitative estimate of drug-likeness (QED) is 0.785. The Morgan fingerprint density at radius 1 is 1.18 bits per heavy atom. The van der Waals surface area contributed by atoms with Crippen LogP contribution in [0.4, 0.5) is 11.9 Å². The molecule has 0 spiro atoms. The second-order valence-electron chi connectivity index (χ2n) is 4.06. The van der Waals surface area contributed by atoms with Gasteiger partial charge in [0, 0.05) is 6.04 Å². The van der Waals surface area contributed by atoms with E-state index in [1.807, 2.05) is 0 Å². The molecule has 1 aromatic rings. The van der Waals surface area contributed by atoms with Gasteiger partial charge in [0.15, 0.2) is 0 Å². The first-order valence-corrected chi connectivity index (χ1v) is 6.47. The smallest absolute Gasteiger partial charge is 0.229 e. The molecule has 5 nitrogen and oxygen atoms in total. The summed E-state index contributed by atoms with van der Waals surface area (Å²) < 4.78 is 0. The molecule has 1 atom stereocenters. The van der Waals surface area contributed by atoms with Crippen molar-refractivity contribution in [3.05, 3.63) is 5.28 Å². The van der Waals surface area contributed by atoms with Crippen LogP contribution in [0.2, 0.25) is 5.28 Å². The first kappa shape index (κ1) is 14.0. The van der Waals surface area contributed by atoms with Crippen LogP contribution in [-0.4, -0.2) is 21.0 Å². The van der Waals surface area contributed by atoms with Crippen molar-refractivity contribution in [1.29, 1.82) is 0 Å². The van der Waals surface area contributed by atoms with Crippen LogP contribution in [0.5, 0.6) is 0 Å². The van der Waals surface area contributed by atoms with Gasteiger partial charge >= 0.3 is 0 Å². The Morgan fingerprint density at radius 3 is 2.53 bits per heavy atom. The van der Waals surface area contributed by atoms with Crippen LogP contribution < -0.4 is 11.1 Å². The molecule has 0 bridgehead atoms. The number of nitrogens with one attached hydrogen (secondary N) is 1. The number of nitrogen functional groups attached to an aromatic ring is 1. The van der Waals surface area contributed by atoms with E-state index in [2.05, 4.69) is 34.1 Å². The summed E-state index contributed by atoms with van der Waals surface area (Å²) in [6, 6.07) is 0.373. The molecular formula is C11H20ClN5. The van der Waals surface area contributed by atoms with Gasteiger partial charge in [-0.05, 0) is 24.4 Å². The number of aromatic nitrogens is 3. The Balaban J connectivity index is 2.63. The maximum Gasteiger partial charge on any atom is 0.229 e. The first-order valence-electron chi connectivity index (χ1n) is 6.09. The van der Waals surface area contributed by atoms with Crippen molar-refractivity contribution >= 4 is 23.5 Å². The molecule has 0 aliphatic heterocycles. The largest absolute Gasteiger partial charge is 0.368 e. The van der Waals surface area contributed by atoms with E-state index in [9.17, 15) is 0 Å². The molecule has 1 rings (SSSR count). The normalized spacial score (nSPS) is 12.4. The molecule has 17 heavy (non-hydrogen) atoms. The lowest BCUT2D eigenvalue weighted by Gasteiger charge is -2.17. The van der Waals surface area contributed by atoms with E-state index in [1.54, 1.807) is 0 Å². The average Bonchev–Trinajstić information content (AvgIpc) is 2.24. The number of nitrogens with zero attached hydrogens (tertiary/aromatic N) is 3. The molecule has 0 amide bonds. The number of unbranched alkanes of at least 4 members (excludes halogenated alkanes) is 1. The monoisotopic (exact) mass is 257 g/mol. The van der Waals surface area contributed by atoms with Crippen LogP contribution in [-0.2, 0) is 0 Å². The zero-order chi connectivity index (χ0) is 12.7. The van der Waals surface area contributed by atoms with Crippen LogP contribution >= 0.6 is 11.6 Å². The summed E-state index contributed by atoms with van der Waals surface area (Å²) in [5.74, 6) is 0.621. The molecule has 0 saturated carbocycles. The predicted molar refractivity (Wildman–Crippen MR) is 71.1 cm³/mol. The zero-order valence-electron chi connectivity index (χ0n) is 10.4. The lowest BCUT2D eigenvalue weighted by atomic mass is 10.1. The van der Waals surface area contributed by atoms with Gasteiger partial charge in [-0.25, -0.2) is 0 Å². The molecule has 0 radical (unpaired) electrons. The molecule has 1 unspecified atom stereocenters. The van der Waals surface area contributed by atoms with Crippen molar-refractivity contribution in [3.63, 3.8) is 0 Å². The average molecular weight is 258 g/mol. The van der Waals surface area contributed by atoms with E-state index in [0.717, 1.165) is 19.3 Å². The van der Waals surface area contributed by atoms with Crippen LogP contribution in [0.3, 0.4) is 0 Å². The Morgan fingerprint density at radius 2 is 1.94 bits per heavy atom. The fraction of sp³-hybridized carbons (Fsp3) is 0.727. The van der Waals surface area contributed by atoms with Gasteiger partial charge in [-0.1, -0.05) is 33.1 Å². The van der Waals surface area contributed by atoms with Crippen molar-refractivity contribution < 1.29 is 0 Å². The molecule has 1 aromatic heterocycles. The molecular weight excluding hydrogens is 238 g/mol. The molecule has 1 heterocycles. The van der Waals surface area contributed by atoms with E-state index < -0.39 is 0 Å². The minimum absolute atomic E-state index is 0.130. The number of rotatable bonds is 7. The van der Waals surface area contributed by atoms with Gasteiger partial charge in [0.2, 0.25) is 17.2 Å². The fourth-order valence-electron chi connectivity index (χ4n) is 1.70. The Hall–Kier alpha value is -1.10. The van der Waals surface area contributed by atoms with Gasteiger partial charge in [-0.3, -0.25) is 0 Å². The molecule has 6 heteroatoms. The lowest BCUT2D eigenvalue weighted by Crippen LogP contribution is -2.21. The van der Waals surface area contributed by atoms with E-state index >= 15 is 0 Å². The van der Waals surface area contributed by atoms with Crippen molar-refractivity contribution in [2.75, 3.05) is 11.1 Å². The SMILES string of the molecule is CCCCC(CCC)Nc1nc(N)nc(Cl)n1. The summed E-state index contributed by atoms with van der Waals surface area (Å²) in [7, 11) is 0.